The molecule has 3 atom stereocenters. The predicted molar refractivity (Wildman–Crippen MR) is 158 cm³/mol. The molecule has 3 fully saturated rings. The minimum atomic E-state index is -1.01. The van der Waals surface area contributed by atoms with Crippen molar-refractivity contribution in [3.63, 3.8) is 0 Å². The van der Waals surface area contributed by atoms with E-state index in [1.165, 1.54) is 12.0 Å². The van der Waals surface area contributed by atoms with Gasteiger partial charge in [-0.05, 0) is 47.7 Å². The van der Waals surface area contributed by atoms with Crippen molar-refractivity contribution < 1.29 is 24.2 Å². The Morgan fingerprint density at radius 1 is 1.12 bits per heavy atom. The number of aromatic hydroxyl groups is 1. The maximum Gasteiger partial charge on any atom is 0.328 e. The molecule has 0 unspecified atom stereocenters. The van der Waals surface area contributed by atoms with Gasteiger partial charge in [0.05, 0.1) is 31.9 Å². The number of carbonyl (C=O) groups is 2. The van der Waals surface area contributed by atoms with E-state index in [2.05, 4.69) is 22.1 Å². The summed E-state index contributed by atoms with van der Waals surface area (Å²) in [5.41, 5.74) is 1.75. The highest BCUT2D eigenvalue weighted by molar-refractivity contribution is 6.08. The van der Waals surface area contributed by atoms with Crippen molar-refractivity contribution in [2.45, 2.75) is 37.9 Å². The number of urea groups is 1. The van der Waals surface area contributed by atoms with Crippen molar-refractivity contribution in [1.29, 1.82) is 0 Å². The Morgan fingerprint density at radius 2 is 1.93 bits per heavy atom. The van der Waals surface area contributed by atoms with Gasteiger partial charge in [-0.3, -0.25) is 19.6 Å². The molecular formula is C32H39N5O5. The van der Waals surface area contributed by atoms with Gasteiger partial charge >= 0.3 is 6.03 Å². The molecule has 3 aromatic rings. The molecular weight excluding hydrogens is 534 g/mol. The lowest BCUT2D eigenvalue weighted by molar-refractivity contribution is -0.134. The highest BCUT2D eigenvalue weighted by Gasteiger charge is 2.66. The second kappa shape index (κ2) is 11.9. The molecule has 0 saturated carbocycles. The molecule has 3 aliphatic rings. The molecule has 222 valence electrons. The van der Waals surface area contributed by atoms with Crippen molar-refractivity contribution in [3.8, 4) is 11.5 Å². The summed E-state index contributed by atoms with van der Waals surface area (Å²) in [6, 6.07) is 14.8. The van der Waals surface area contributed by atoms with Crippen LogP contribution in [-0.4, -0.2) is 95.3 Å². The molecule has 0 radical (unpaired) electrons. The molecule has 10 nitrogen and oxygen atoms in total. The van der Waals surface area contributed by atoms with Crippen LogP contribution in [0.2, 0.25) is 0 Å². The molecule has 0 bridgehead atoms. The van der Waals surface area contributed by atoms with Crippen molar-refractivity contribution in [2.75, 3.05) is 53.0 Å². The number of aromatic nitrogens is 1. The van der Waals surface area contributed by atoms with Gasteiger partial charge < -0.3 is 24.8 Å². The van der Waals surface area contributed by atoms with Crippen molar-refractivity contribution in [2.24, 2.45) is 5.92 Å². The average molecular weight is 574 g/mol. The number of phenolic OH excluding ortho intramolecular Hbond substituents is 1. The second-order valence-electron chi connectivity index (χ2n) is 11.4. The quantitative estimate of drug-likeness (QED) is 0.355. The predicted octanol–water partition coefficient (Wildman–Crippen LogP) is 3.55. The van der Waals surface area contributed by atoms with Gasteiger partial charge in [0.2, 0.25) is 0 Å². The number of methoxy groups -OCH3 is 1. The Balaban J connectivity index is 1.33. The number of benzene rings is 2. The van der Waals surface area contributed by atoms with Crippen LogP contribution in [0.4, 0.5) is 4.79 Å². The first kappa shape index (κ1) is 28.4. The summed E-state index contributed by atoms with van der Waals surface area (Å²) in [6.07, 6.45) is 3.26. The van der Waals surface area contributed by atoms with Crippen LogP contribution in [0.3, 0.4) is 0 Å². The molecule has 3 saturated heterocycles. The van der Waals surface area contributed by atoms with Crippen LogP contribution < -0.4 is 10.1 Å². The van der Waals surface area contributed by atoms with E-state index < -0.39 is 5.54 Å². The summed E-state index contributed by atoms with van der Waals surface area (Å²) < 4.78 is 10.7. The average Bonchev–Trinajstić information content (AvgIpc) is 3.45. The number of pyridine rings is 1. The summed E-state index contributed by atoms with van der Waals surface area (Å²) in [4.78, 5) is 39.0. The first-order valence-electron chi connectivity index (χ1n) is 14.8. The number of nitrogens with one attached hydrogen (secondary N) is 1. The molecule has 3 amide bonds. The molecule has 3 aliphatic heterocycles. The van der Waals surface area contributed by atoms with E-state index in [-0.39, 0.29) is 29.6 Å². The second-order valence-corrected chi connectivity index (χ2v) is 11.4. The maximum absolute atomic E-state index is 14.5. The van der Waals surface area contributed by atoms with Crippen LogP contribution in [0.25, 0.3) is 10.9 Å². The number of rotatable bonds is 10. The number of imide groups is 1. The fourth-order valence-electron chi connectivity index (χ4n) is 7.07. The number of hydrogen-bond donors (Lipinski definition) is 2. The monoisotopic (exact) mass is 573 g/mol. The highest BCUT2D eigenvalue weighted by atomic mass is 16.5. The molecule has 6 rings (SSSR count). The zero-order chi connectivity index (χ0) is 29.3. The first-order valence-corrected chi connectivity index (χ1v) is 14.8. The smallest absolute Gasteiger partial charge is 0.328 e. The molecule has 2 N–H and O–H groups in total. The number of hydrogen-bond acceptors (Lipinski definition) is 8. The topological polar surface area (TPSA) is 107 Å². The normalized spacial score (nSPS) is 24.5. The standard InChI is InChI=1S/C32H39N5O5/c1-3-23-19-27(25-10-11-34-26-7-5-4-6-24(25)26)37-31(40)36(13-12-35-14-16-42-17-15-35)30(39)32(23,37)21-33-20-22-8-9-29(41-2)28(38)18-22/h4-11,18,23,27,33,38H,3,12-17,19-21H2,1-2H3/t23-,27+,32-/m0/s1. The number of para-hydroxylation sites is 1. The van der Waals surface area contributed by atoms with E-state index in [1.807, 2.05) is 41.3 Å². The number of amides is 3. The zero-order valence-electron chi connectivity index (χ0n) is 24.3. The Hall–Kier alpha value is -3.73. The third-order valence-electron chi connectivity index (χ3n) is 9.22. The van der Waals surface area contributed by atoms with Gasteiger partial charge in [-0.2, -0.15) is 0 Å². The molecule has 0 aliphatic carbocycles. The van der Waals surface area contributed by atoms with E-state index in [9.17, 15) is 14.7 Å². The minimum absolute atomic E-state index is 0.0314. The third-order valence-corrected chi connectivity index (χ3v) is 9.22. The van der Waals surface area contributed by atoms with Gasteiger partial charge in [0.25, 0.3) is 5.91 Å². The number of phenols is 1. The summed E-state index contributed by atoms with van der Waals surface area (Å²) in [5, 5.41) is 14.8. The van der Waals surface area contributed by atoms with Crippen LogP contribution in [-0.2, 0) is 16.1 Å². The first-order chi connectivity index (χ1) is 20.5. The fourth-order valence-corrected chi connectivity index (χ4v) is 7.07. The van der Waals surface area contributed by atoms with Crippen molar-refractivity contribution >= 4 is 22.8 Å². The molecule has 42 heavy (non-hydrogen) atoms. The van der Waals surface area contributed by atoms with Crippen molar-refractivity contribution in [1.82, 2.24) is 25.0 Å². The fraction of sp³-hybridized carbons (Fsp3) is 0.469. The largest absolute Gasteiger partial charge is 0.504 e. The highest BCUT2D eigenvalue weighted by Crippen LogP contribution is 2.53. The van der Waals surface area contributed by atoms with Crippen LogP contribution in [0.1, 0.15) is 36.9 Å². The van der Waals surface area contributed by atoms with E-state index >= 15 is 0 Å². The number of ether oxygens (including phenoxy) is 2. The summed E-state index contributed by atoms with van der Waals surface area (Å²) in [7, 11) is 1.52. The van der Waals surface area contributed by atoms with Crippen LogP contribution in [0.5, 0.6) is 11.5 Å². The Labute approximate surface area is 246 Å². The third kappa shape index (κ3) is 4.87. The van der Waals surface area contributed by atoms with Crippen LogP contribution >= 0.6 is 0 Å². The lowest BCUT2D eigenvalue weighted by Gasteiger charge is -2.35. The van der Waals surface area contributed by atoms with Crippen molar-refractivity contribution in [3.05, 3.63) is 65.9 Å². The minimum Gasteiger partial charge on any atom is -0.504 e. The maximum atomic E-state index is 14.5. The van der Waals surface area contributed by atoms with Gasteiger partial charge in [-0.25, -0.2) is 4.79 Å². The molecule has 2 aromatic carbocycles. The Kier molecular flexibility index (Phi) is 8.02. The summed E-state index contributed by atoms with van der Waals surface area (Å²) in [5.74, 6) is 0.315. The van der Waals surface area contributed by atoms with Gasteiger partial charge in [0.15, 0.2) is 11.5 Å². The van der Waals surface area contributed by atoms with Gasteiger partial charge in [0, 0.05) is 50.9 Å². The van der Waals surface area contributed by atoms with E-state index in [0.717, 1.165) is 41.5 Å². The van der Waals surface area contributed by atoms with Crippen LogP contribution in [0, 0.1) is 5.92 Å². The number of nitrogens with zero attached hydrogens (tertiary/aromatic N) is 4. The van der Waals surface area contributed by atoms with Crippen LogP contribution in [0.15, 0.2) is 54.7 Å². The molecule has 10 heteroatoms. The lowest BCUT2D eigenvalue weighted by Crippen LogP contribution is -2.57. The summed E-state index contributed by atoms with van der Waals surface area (Å²) >= 11 is 0. The molecule has 4 heterocycles. The molecule has 1 aromatic heterocycles. The Morgan fingerprint density at radius 3 is 2.69 bits per heavy atom. The molecule has 0 spiro atoms. The Bertz CT molecular complexity index is 1450. The SMILES string of the molecule is CC[C@H]1C[C@H](c2ccnc3ccccc23)N2C(=O)N(CCN3CCOCC3)C(=O)[C@]12CNCc1ccc(OC)c(O)c1. The lowest BCUT2D eigenvalue weighted by atomic mass is 9.81. The van der Waals surface area contributed by atoms with Gasteiger partial charge in [-0.1, -0.05) is 37.6 Å². The number of morpholine rings is 1. The number of fused-ring (bicyclic) bond motifs is 2. The zero-order valence-corrected chi connectivity index (χ0v) is 24.3. The number of carbonyl (C=O) groups excluding carboxylic acids is 2. The van der Waals surface area contributed by atoms with Gasteiger partial charge in [0.1, 0.15) is 5.54 Å². The van der Waals surface area contributed by atoms with E-state index in [0.29, 0.717) is 51.6 Å². The van der Waals surface area contributed by atoms with Gasteiger partial charge in [-0.15, -0.1) is 0 Å². The summed E-state index contributed by atoms with van der Waals surface area (Å²) in [6.45, 7) is 6.75. The van der Waals surface area contributed by atoms with E-state index in [4.69, 9.17) is 9.47 Å². The van der Waals surface area contributed by atoms with E-state index in [1.54, 1.807) is 18.3 Å².